The number of aromatic carboxylic acids is 1. The Morgan fingerprint density at radius 3 is 2.32 bits per heavy atom. The van der Waals surface area contributed by atoms with Crippen LogP contribution in [0.1, 0.15) is 57.1 Å². The molecule has 204 valence electrons. The normalized spacial score (nSPS) is 15.7. The van der Waals surface area contributed by atoms with Crippen LogP contribution in [0.5, 0.6) is 11.6 Å². The van der Waals surface area contributed by atoms with Gasteiger partial charge in [-0.3, -0.25) is 4.79 Å². The molecule has 1 fully saturated rings. The molecule has 12 heteroatoms. The molecule has 2 heterocycles. The van der Waals surface area contributed by atoms with E-state index in [0.717, 1.165) is 0 Å². The maximum absolute atomic E-state index is 13.8. The van der Waals surface area contributed by atoms with Crippen molar-refractivity contribution in [2.24, 2.45) is 5.92 Å². The molecule has 0 unspecified atom stereocenters. The number of likely N-dealkylation sites (N-methyl/N-ethyl adjacent to an activating group) is 1. The number of carbonyl (C=O) groups is 2. The van der Waals surface area contributed by atoms with E-state index < -0.39 is 21.5 Å². The Balaban J connectivity index is 2.12. The van der Waals surface area contributed by atoms with E-state index in [9.17, 15) is 23.1 Å². The fourth-order valence-electron chi connectivity index (χ4n) is 3.98. The molecule has 1 aliphatic rings. The van der Waals surface area contributed by atoms with Crippen LogP contribution in [0.2, 0.25) is 0 Å². The highest BCUT2D eigenvalue weighted by atomic mass is 32.2. The van der Waals surface area contributed by atoms with E-state index in [-0.39, 0.29) is 39.6 Å². The maximum Gasteiger partial charge on any atom is 0.356 e. The van der Waals surface area contributed by atoms with Gasteiger partial charge in [-0.15, -0.1) is 0 Å². The predicted molar refractivity (Wildman–Crippen MR) is 140 cm³/mol. The molecule has 0 atom stereocenters. The molecule has 2 N–H and O–H groups in total. The molecule has 1 aliphatic heterocycles. The topological polar surface area (TPSA) is 134 Å². The Morgan fingerprint density at radius 1 is 1.16 bits per heavy atom. The molecule has 1 amide bonds. The maximum atomic E-state index is 13.8. The molecule has 0 radical (unpaired) electrons. The van der Waals surface area contributed by atoms with Gasteiger partial charge < -0.3 is 20.1 Å². The van der Waals surface area contributed by atoms with Crippen molar-refractivity contribution < 1.29 is 27.9 Å². The number of rotatable bonds is 8. The van der Waals surface area contributed by atoms with Gasteiger partial charge in [0.1, 0.15) is 10.6 Å². The van der Waals surface area contributed by atoms with E-state index in [2.05, 4.69) is 10.4 Å². The summed E-state index contributed by atoms with van der Waals surface area (Å²) in [5.74, 6) is -1.14. The van der Waals surface area contributed by atoms with Crippen molar-refractivity contribution in [2.45, 2.75) is 58.4 Å². The Labute approximate surface area is 218 Å². The molecule has 0 aliphatic carbocycles. The Kier molecular flexibility index (Phi) is 8.35. The van der Waals surface area contributed by atoms with Gasteiger partial charge in [-0.1, -0.05) is 13.8 Å². The lowest BCUT2D eigenvalue weighted by atomic mass is 10.1. The lowest BCUT2D eigenvalue weighted by Crippen LogP contribution is -2.47. The summed E-state index contributed by atoms with van der Waals surface area (Å²) in [5.41, 5.74) is -0.210. The summed E-state index contributed by atoms with van der Waals surface area (Å²) >= 11 is 0. The summed E-state index contributed by atoms with van der Waals surface area (Å²) in [6.45, 7) is 12.7. The second-order valence-electron chi connectivity index (χ2n) is 10.8. The van der Waals surface area contributed by atoms with Crippen LogP contribution in [0, 0.1) is 12.8 Å². The zero-order chi connectivity index (χ0) is 27.7. The summed E-state index contributed by atoms with van der Waals surface area (Å²) in [7, 11) is -2.07. The highest BCUT2D eigenvalue weighted by Gasteiger charge is 2.33. The van der Waals surface area contributed by atoms with Crippen molar-refractivity contribution in [1.82, 2.24) is 19.0 Å². The lowest BCUT2D eigenvalue weighted by Gasteiger charge is -2.32. The van der Waals surface area contributed by atoms with Crippen LogP contribution in [0.15, 0.2) is 23.1 Å². The average molecular weight is 536 g/mol. The van der Waals surface area contributed by atoms with Crippen LogP contribution in [-0.2, 0) is 20.4 Å². The molecule has 2 aromatic rings. The summed E-state index contributed by atoms with van der Waals surface area (Å²) in [6, 6.07) is 4.45. The van der Waals surface area contributed by atoms with Gasteiger partial charge in [-0.05, 0) is 58.9 Å². The van der Waals surface area contributed by atoms with Crippen molar-refractivity contribution in [3.8, 4) is 11.6 Å². The van der Waals surface area contributed by atoms with Crippen molar-refractivity contribution in [1.29, 1.82) is 0 Å². The molecule has 3 rings (SSSR count). The predicted octanol–water partition coefficient (Wildman–Crippen LogP) is 3.36. The minimum Gasteiger partial charge on any atom is -0.476 e. The molecule has 1 aromatic heterocycles. The molecule has 1 saturated heterocycles. The van der Waals surface area contributed by atoms with Gasteiger partial charge in [0.15, 0.2) is 5.69 Å². The smallest absolute Gasteiger partial charge is 0.356 e. The van der Waals surface area contributed by atoms with E-state index in [0.29, 0.717) is 38.3 Å². The fourth-order valence-corrected chi connectivity index (χ4v) is 5.55. The highest BCUT2D eigenvalue weighted by Crippen LogP contribution is 2.37. The van der Waals surface area contributed by atoms with Crippen molar-refractivity contribution in [3.63, 3.8) is 0 Å². The number of hydrogen-bond donors (Lipinski definition) is 2. The summed E-state index contributed by atoms with van der Waals surface area (Å²) in [5, 5.41) is 16.6. The highest BCUT2D eigenvalue weighted by molar-refractivity contribution is 7.89. The molecule has 0 spiro atoms. The Morgan fingerprint density at radius 2 is 1.78 bits per heavy atom. The monoisotopic (exact) mass is 535 g/mol. The first-order valence-electron chi connectivity index (χ1n) is 12.2. The minimum absolute atomic E-state index is 0.0197. The van der Waals surface area contributed by atoms with Gasteiger partial charge in [0.2, 0.25) is 21.8 Å². The number of ether oxygens (including phenoxy) is 1. The number of sulfonamides is 1. The largest absolute Gasteiger partial charge is 0.476 e. The zero-order valence-electron chi connectivity index (χ0n) is 22.5. The molecule has 1 aromatic carbocycles. The number of carboxylic acid groups (broad SMARTS) is 1. The Bertz CT molecular complexity index is 1270. The van der Waals surface area contributed by atoms with Crippen LogP contribution in [0.3, 0.4) is 0 Å². The summed E-state index contributed by atoms with van der Waals surface area (Å²) < 4.78 is 36.6. The standard InChI is InChI=1S/C25H37N5O6S/c1-16(2)14-21(31)26-18-8-9-19(20(15-18)37(34,35)29-12-10-28(7)11-13-29)36-23-17(3)22(24(32)33)27-30(23)25(4,5)6/h8-9,15-16H,10-14H2,1-7H3,(H,26,31)(H,32,33). The summed E-state index contributed by atoms with van der Waals surface area (Å²) in [4.78, 5) is 26.1. The van der Waals surface area contributed by atoms with Crippen LogP contribution in [0.25, 0.3) is 0 Å². The minimum atomic E-state index is -4.00. The second kappa shape index (κ2) is 10.8. The van der Waals surface area contributed by atoms with Crippen LogP contribution < -0.4 is 10.1 Å². The molecular formula is C25H37N5O6S. The third-order valence-electron chi connectivity index (χ3n) is 6.01. The third kappa shape index (κ3) is 6.49. The number of anilines is 1. The van der Waals surface area contributed by atoms with Gasteiger partial charge in [0, 0.05) is 43.9 Å². The van der Waals surface area contributed by atoms with E-state index in [1.807, 2.05) is 46.6 Å². The third-order valence-corrected chi connectivity index (χ3v) is 7.93. The first-order valence-corrected chi connectivity index (χ1v) is 13.7. The fraction of sp³-hybridized carbons (Fsp3) is 0.560. The van der Waals surface area contributed by atoms with Gasteiger partial charge in [-0.25, -0.2) is 17.9 Å². The van der Waals surface area contributed by atoms with E-state index in [1.165, 1.54) is 21.1 Å². The van der Waals surface area contributed by atoms with Crippen LogP contribution in [-0.4, -0.2) is 77.6 Å². The van der Waals surface area contributed by atoms with E-state index in [4.69, 9.17) is 4.74 Å². The number of benzene rings is 1. The van der Waals surface area contributed by atoms with Crippen molar-refractivity contribution >= 4 is 27.6 Å². The van der Waals surface area contributed by atoms with Gasteiger partial charge in [-0.2, -0.15) is 9.40 Å². The molecule has 11 nitrogen and oxygen atoms in total. The molecule has 37 heavy (non-hydrogen) atoms. The zero-order valence-corrected chi connectivity index (χ0v) is 23.3. The molecular weight excluding hydrogens is 498 g/mol. The number of carbonyl (C=O) groups excluding carboxylic acids is 1. The van der Waals surface area contributed by atoms with E-state index >= 15 is 0 Å². The molecule has 0 bridgehead atoms. The quantitative estimate of drug-likeness (QED) is 0.526. The number of nitrogens with zero attached hydrogens (tertiary/aromatic N) is 4. The summed E-state index contributed by atoms with van der Waals surface area (Å²) in [6.07, 6.45) is 0.292. The lowest BCUT2D eigenvalue weighted by molar-refractivity contribution is -0.116. The number of piperazine rings is 1. The number of nitrogens with one attached hydrogen (secondary N) is 1. The number of amides is 1. The van der Waals surface area contributed by atoms with Crippen LogP contribution >= 0.6 is 0 Å². The molecule has 0 saturated carbocycles. The van der Waals surface area contributed by atoms with E-state index in [1.54, 1.807) is 13.0 Å². The number of aromatic nitrogens is 2. The Hall–Kier alpha value is -2.96. The number of carboxylic acids is 1. The average Bonchev–Trinajstić information content (AvgIpc) is 3.11. The van der Waals surface area contributed by atoms with Gasteiger partial charge in [0.25, 0.3) is 0 Å². The van der Waals surface area contributed by atoms with Gasteiger partial charge >= 0.3 is 5.97 Å². The first kappa shape index (κ1) is 28.6. The number of hydrogen-bond acceptors (Lipinski definition) is 7. The van der Waals surface area contributed by atoms with Gasteiger partial charge in [0.05, 0.1) is 5.54 Å². The van der Waals surface area contributed by atoms with Crippen LogP contribution in [0.4, 0.5) is 5.69 Å². The van der Waals surface area contributed by atoms with Crippen molar-refractivity contribution in [3.05, 3.63) is 29.5 Å². The first-order chi connectivity index (χ1) is 17.1. The second-order valence-corrected chi connectivity index (χ2v) is 12.7. The SMILES string of the molecule is Cc1c(C(=O)O)nn(C(C)(C)C)c1Oc1ccc(NC(=O)CC(C)C)cc1S(=O)(=O)N1CCN(C)CC1. The van der Waals surface area contributed by atoms with Crippen molar-refractivity contribution in [2.75, 3.05) is 38.5 Å².